The molecule has 4 aromatic rings. The van der Waals surface area contributed by atoms with Crippen LogP contribution in [-0.2, 0) is 11.3 Å². The van der Waals surface area contributed by atoms with Gasteiger partial charge >= 0.3 is 0 Å². The first-order valence-corrected chi connectivity index (χ1v) is 17.9. The number of methoxy groups -OCH3 is 1. The van der Waals surface area contributed by atoms with Crippen molar-refractivity contribution >= 4 is 28.6 Å². The van der Waals surface area contributed by atoms with Gasteiger partial charge in [0.25, 0.3) is 5.91 Å². The highest BCUT2D eigenvalue weighted by Gasteiger charge is 2.38. The number of ether oxygens (including phenoxy) is 2. The zero-order valence-electron chi connectivity index (χ0n) is 29.3. The Labute approximate surface area is 292 Å². The first-order chi connectivity index (χ1) is 24.2. The van der Waals surface area contributed by atoms with E-state index in [2.05, 4.69) is 32.0 Å². The topological polar surface area (TPSA) is 97.6 Å². The molecular formula is C38H47F2N7O3. The summed E-state index contributed by atoms with van der Waals surface area (Å²) in [6.45, 7) is 10.6. The smallest absolute Gasteiger partial charge is 0.258 e. The monoisotopic (exact) mass is 687 g/mol. The van der Waals surface area contributed by atoms with Gasteiger partial charge in [0.05, 0.1) is 34.6 Å². The van der Waals surface area contributed by atoms with Crippen molar-refractivity contribution in [3.05, 3.63) is 59.6 Å². The largest absolute Gasteiger partial charge is 0.493 e. The van der Waals surface area contributed by atoms with E-state index in [1.54, 1.807) is 26.2 Å². The molecule has 0 radical (unpaired) electrons. The normalized spacial score (nSPS) is 20.1. The number of anilines is 2. The van der Waals surface area contributed by atoms with E-state index in [0.29, 0.717) is 64.0 Å². The Morgan fingerprint density at radius 1 is 1.04 bits per heavy atom. The van der Waals surface area contributed by atoms with Gasteiger partial charge in [-0.15, -0.1) is 0 Å². The van der Waals surface area contributed by atoms with Crippen molar-refractivity contribution in [2.45, 2.75) is 65.3 Å². The minimum atomic E-state index is -0.646. The van der Waals surface area contributed by atoms with Crippen LogP contribution in [0.1, 0.15) is 67.9 Å². The number of amides is 1. The second-order valence-electron chi connectivity index (χ2n) is 14.4. The van der Waals surface area contributed by atoms with E-state index < -0.39 is 5.95 Å². The molecule has 3 aliphatic rings. The lowest BCUT2D eigenvalue weighted by Crippen LogP contribution is -2.47. The molecule has 3 aromatic heterocycles. The molecule has 7 rings (SSSR count). The molecule has 10 nitrogen and oxygen atoms in total. The summed E-state index contributed by atoms with van der Waals surface area (Å²) in [5.74, 6) is -0.430. The zero-order chi connectivity index (χ0) is 34.8. The van der Waals surface area contributed by atoms with E-state index in [4.69, 9.17) is 14.5 Å². The average Bonchev–Trinajstić information content (AvgIpc) is 3.41. The number of fused-ring (bicyclic) bond motifs is 7. The summed E-state index contributed by atoms with van der Waals surface area (Å²) in [7, 11) is 1.76. The van der Waals surface area contributed by atoms with E-state index in [-0.39, 0.29) is 17.6 Å². The van der Waals surface area contributed by atoms with Crippen molar-refractivity contribution < 1.29 is 23.0 Å². The summed E-state index contributed by atoms with van der Waals surface area (Å²) in [5.41, 5.74) is 4.13. The maximum absolute atomic E-state index is 15.9. The van der Waals surface area contributed by atoms with Gasteiger partial charge in [-0.05, 0) is 94.5 Å². The van der Waals surface area contributed by atoms with Crippen LogP contribution in [-0.4, -0.2) is 83.4 Å². The third kappa shape index (κ3) is 7.32. The van der Waals surface area contributed by atoms with Crippen LogP contribution in [0, 0.1) is 30.0 Å². The predicted molar refractivity (Wildman–Crippen MR) is 190 cm³/mol. The van der Waals surface area contributed by atoms with Gasteiger partial charge in [0.15, 0.2) is 0 Å². The van der Waals surface area contributed by atoms with Gasteiger partial charge in [-0.25, -0.2) is 14.4 Å². The zero-order valence-corrected chi connectivity index (χ0v) is 29.3. The number of piperidine rings is 2. The molecule has 1 atom stereocenters. The van der Waals surface area contributed by atoms with Gasteiger partial charge in [0.1, 0.15) is 11.6 Å². The Hall–Kier alpha value is -4.16. The molecule has 0 aliphatic carbocycles. The third-order valence-electron chi connectivity index (χ3n) is 10.9. The molecule has 3 aliphatic heterocycles. The fraction of sp³-hybridized carbons (Fsp3) is 0.526. The molecule has 50 heavy (non-hydrogen) atoms. The van der Waals surface area contributed by atoms with E-state index in [0.717, 1.165) is 77.0 Å². The van der Waals surface area contributed by atoms with Crippen LogP contribution in [0.4, 0.5) is 20.4 Å². The third-order valence-corrected chi connectivity index (χ3v) is 10.9. The van der Waals surface area contributed by atoms with Crippen molar-refractivity contribution in [1.82, 2.24) is 24.4 Å². The number of hydrogen-bond acceptors (Lipinski definition) is 8. The Bertz CT molecular complexity index is 1850. The molecule has 266 valence electrons. The number of imidazole rings is 1. The number of halogens is 2. The SMILES string of the molecule is COCCCN1CCC2(CC1)CCN(c1cc3c(cc1F)nc1n3C[C@H](C)CCCOc3cc(F)ncc3-c3cc(cc(C)n3)C(=O)N1)CC2. The molecule has 6 heterocycles. The van der Waals surface area contributed by atoms with Crippen LogP contribution in [0.2, 0.25) is 0 Å². The molecule has 1 amide bonds. The van der Waals surface area contributed by atoms with Crippen molar-refractivity contribution in [3.8, 4) is 17.0 Å². The number of nitrogens with one attached hydrogen (secondary N) is 1. The molecule has 1 N–H and O–H groups in total. The number of nitrogens with zero attached hydrogens (tertiary/aromatic N) is 6. The van der Waals surface area contributed by atoms with E-state index in [9.17, 15) is 9.18 Å². The number of hydrogen-bond donors (Lipinski definition) is 1. The Balaban J connectivity index is 1.15. The lowest BCUT2D eigenvalue weighted by molar-refractivity contribution is 0.0733. The van der Waals surface area contributed by atoms with Gasteiger partial charge < -0.3 is 23.8 Å². The number of carbonyl (C=O) groups is 1. The first kappa shape index (κ1) is 34.3. The average molecular weight is 688 g/mol. The van der Waals surface area contributed by atoms with Gasteiger partial charge in [0, 0.05) is 69.5 Å². The lowest BCUT2D eigenvalue weighted by atomic mass is 9.71. The fourth-order valence-electron chi connectivity index (χ4n) is 7.92. The molecule has 2 bridgehead atoms. The molecule has 1 aromatic carbocycles. The number of rotatable bonds is 5. The van der Waals surface area contributed by atoms with Crippen molar-refractivity contribution in [2.24, 2.45) is 11.3 Å². The van der Waals surface area contributed by atoms with Crippen molar-refractivity contribution in [1.29, 1.82) is 0 Å². The Morgan fingerprint density at radius 2 is 1.82 bits per heavy atom. The molecule has 12 heteroatoms. The summed E-state index contributed by atoms with van der Waals surface area (Å²) in [6.07, 6.45) is 8.47. The molecule has 1 spiro atoms. The van der Waals surface area contributed by atoms with Crippen LogP contribution in [0.3, 0.4) is 0 Å². The number of aromatic nitrogens is 4. The quantitative estimate of drug-likeness (QED) is 0.180. The van der Waals surface area contributed by atoms with E-state index >= 15 is 4.39 Å². The van der Waals surface area contributed by atoms with Gasteiger partial charge in [-0.2, -0.15) is 4.39 Å². The van der Waals surface area contributed by atoms with Crippen LogP contribution < -0.4 is 15.0 Å². The van der Waals surface area contributed by atoms with Gasteiger partial charge in [-0.1, -0.05) is 6.92 Å². The highest BCUT2D eigenvalue weighted by molar-refractivity contribution is 6.05. The van der Waals surface area contributed by atoms with Crippen LogP contribution in [0.5, 0.6) is 5.75 Å². The van der Waals surface area contributed by atoms with Gasteiger partial charge in [0.2, 0.25) is 11.9 Å². The Kier molecular flexibility index (Phi) is 10.0. The number of likely N-dealkylation sites (tertiary alicyclic amines) is 1. The van der Waals surface area contributed by atoms with Crippen LogP contribution >= 0.6 is 0 Å². The lowest BCUT2D eigenvalue weighted by Gasteiger charge is -2.47. The fourth-order valence-corrected chi connectivity index (χ4v) is 7.92. The first-order valence-electron chi connectivity index (χ1n) is 17.9. The highest BCUT2D eigenvalue weighted by atomic mass is 19.1. The summed E-state index contributed by atoms with van der Waals surface area (Å²) >= 11 is 0. The summed E-state index contributed by atoms with van der Waals surface area (Å²) < 4.78 is 43.3. The predicted octanol–water partition coefficient (Wildman–Crippen LogP) is 6.86. The standard InChI is InChI=1S/C38H47F2N7O3/c1-25-6-4-17-50-34-22-35(40)41-23-28(34)30-19-27(18-26(2)42-30)36(48)44-37-43-31-20-29(39)32(21-33(31)47(37)24-25)46-14-9-38(10-15-46)7-12-45(13-8-38)11-5-16-49-3/h18-23,25H,4-17,24H2,1-3H3,(H,43,44,48)/t25-/m1/s1. The van der Waals surface area contributed by atoms with Crippen molar-refractivity contribution in [3.63, 3.8) is 0 Å². The summed E-state index contributed by atoms with van der Waals surface area (Å²) in [5, 5.41) is 3.02. The van der Waals surface area contributed by atoms with Gasteiger partial charge in [-0.3, -0.25) is 15.1 Å². The Morgan fingerprint density at radius 3 is 2.60 bits per heavy atom. The highest BCUT2D eigenvalue weighted by Crippen LogP contribution is 2.43. The molecule has 2 saturated heterocycles. The molecule has 0 saturated carbocycles. The second-order valence-corrected chi connectivity index (χ2v) is 14.4. The van der Waals surface area contributed by atoms with E-state index in [1.165, 1.54) is 31.2 Å². The summed E-state index contributed by atoms with van der Waals surface area (Å²) in [4.78, 5) is 31.7. The molecular weight excluding hydrogens is 640 g/mol. The number of carbonyl (C=O) groups excluding carboxylic acids is 1. The second kappa shape index (κ2) is 14.6. The summed E-state index contributed by atoms with van der Waals surface area (Å²) in [6, 6.07) is 8.02. The maximum atomic E-state index is 15.9. The van der Waals surface area contributed by atoms with Crippen LogP contribution in [0.25, 0.3) is 22.3 Å². The maximum Gasteiger partial charge on any atom is 0.258 e. The van der Waals surface area contributed by atoms with E-state index in [1.807, 2.05) is 10.6 Å². The minimum Gasteiger partial charge on any atom is -0.493 e. The van der Waals surface area contributed by atoms with Crippen LogP contribution in [0.15, 0.2) is 36.5 Å². The molecule has 0 unspecified atom stereocenters. The van der Waals surface area contributed by atoms with Crippen molar-refractivity contribution in [2.75, 3.05) is 63.3 Å². The number of aryl methyl sites for hydroxylation is 1. The number of benzene rings is 1. The number of pyridine rings is 2. The molecule has 2 fully saturated rings. The minimum absolute atomic E-state index is 0.180.